The van der Waals surface area contributed by atoms with Gasteiger partial charge in [-0.15, -0.1) is 10.1 Å². The Balaban J connectivity index is -0.000000596. The third-order valence-corrected chi connectivity index (χ3v) is 5.94. The number of carbonyl (C=O) groups is 1. The second kappa shape index (κ2) is 25.2. The number of aliphatic hydroxyl groups excluding tert-OH is 1. The molecular weight excluding hydrogens is 422 g/mol. The summed E-state index contributed by atoms with van der Waals surface area (Å²) >= 11 is 0. The molecule has 200 valence electrons. The van der Waals surface area contributed by atoms with E-state index >= 15 is 0 Å². The first kappa shape index (κ1) is 36.2. The van der Waals surface area contributed by atoms with Crippen LogP contribution in [0.2, 0.25) is 0 Å². The van der Waals surface area contributed by atoms with Crippen LogP contribution in [-0.2, 0) is 9.63 Å². The average molecular weight is 478 g/mol. The Morgan fingerprint density at radius 2 is 1.24 bits per heavy atom. The number of primary amides is 1. The van der Waals surface area contributed by atoms with Crippen LogP contribution in [0.4, 0.5) is 0 Å². The monoisotopic (exact) mass is 477 g/mol. The van der Waals surface area contributed by atoms with Gasteiger partial charge in [-0.1, -0.05) is 110 Å². The maximum absolute atomic E-state index is 10.6. The molecule has 6 N–H and O–H groups in total. The van der Waals surface area contributed by atoms with Gasteiger partial charge in [0.25, 0.3) is 5.09 Å². The molecule has 0 aromatic rings. The zero-order valence-corrected chi connectivity index (χ0v) is 22.1. The number of amides is 1. The van der Waals surface area contributed by atoms with Gasteiger partial charge in [0.1, 0.15) is 5.60 Å². The molecule has 8 heteroatoms. The van der Waals surface area contributed by atoms with Crippen LogP contribution in [0, 0.1) is 10.1 Å². The standard InChI is InChI=1S/C18H37NO.C7H15NO4.H3N/c1-2-3-4-5-6-7-8-9-10-11-12-13-14-15-16-17-18(19)20;1-4-5-7(3,6(2)9)12-8(10)11;/h2-17H2,1H3,(H2,19,20);6,9H,4-5H2,1-3H3;1H3. The quantitative estimate of drug-likeness (QED) is 0.0916. The summed E-state index contributed by atoms with van der Waals surface area (Å²) in [5.74, 6) is -0.153. The second-order valence-corrected chi connectivity index (χ2v) is 9.22. The molecule has 8 nitrogen and oxygen atoms in total. The normalized spacial score (nSPS) is 13.1. The first-order chi connectivity index (χ1) is 15.2. The Hall–Kier alpha value is -1.41. The summed E-state index contributed by atoms with van der Waals surface area (Å²) in [5.41, 5.74) is 4.04. The molecule has 33 heavy (non-hydrogen) atoms. The van der Waals surface area contributed by atoms with Crippen molar-refractivity contribution in [1.29, 1.82) is 0 Å². The van der Waals surface area contributed by atoms with Gasteiger partial charge in [0.15, 0.2) is 0 Å². The molecular formula is C25H55N3O5. The lowest BCUT2D eigenvalue weighted by Crippen LogP contribution is -2.41. The molecule has 0 aliphatic carbocycles. The van der Waals surface area contributed by atoms with Crippen LogP contribution >= 0.6 is 0 Å². The number of nitrogens with zero attached hydrogens (tertiary/aromatic N) is 1. The van der Waals surface area contributed by atoms with Crippen molar-refractivity contribution in [3.8, 4) is 0 Å². The predicted molar refractivity (Wildman–Crippen MR) is 137 cm³/mol. The van der Waals surface area contributed by atoms with Crippen LogP contribution < -0.4 is 11.9 Å². The third-order valence-electron chi connectivity index (χ3n) is 5.94. The molecule has 0 aromatic heterocycles. The molecule has 0 aliphatic rings. The van der Waals surface area contributed by atoms with Crippen molar-refractivity contribution in [3.63, 3.8) is 0 Å². The molecule has 0 aliphatic heterocycles. The highest BCUT2D eigenvalue weighted by molar-refractivity contribution is 5.73. The van der Waals surface area contributed by atoms with Gasteiger partial charge in [-0.25, -0.2) is 0 Å². The minimum atomic E-state index is -1.07. The smallest absolute Gasteiger partial charge is 0.295 e. The topological polar surface area (TPSA) is 151 Å². The summed E-state index contributed by atoms with van der Waals surface area (Å²) in [6, 6.07) is 0. The summed E-state index contributed by atoms with van der Waals surface area (Å²) in [5, 5.41) is 18.4. The van der Waals surface area contributed by atoms with E-state index in [4.69, 9.17) is 5.73 Å². The van der Waals surface area contributed by atoms with E-state index in [1.807, 2.05) is 6.92 Å². The Morgan fingerprint density at radius 3 is 1.52 bits per heavy atom. The zero-order chi connectivity index (χ0) is 24.7. The molecule has 0 aromatic carbocycles. The lowest BCUT2D eigenvalue weighted by atomic mass is 9.95. The van der Waals surface area contributed by atoms with E-state index in [1.165, 1.54) is 104 Å². The van der Waals surface area contributed by atoms with E-state index in [0.717, 1.165) is 12.8 Å². The Morgan fingerprint density at radius 1 is 0.879 bits per heavy atom. The summed E-state index contributed by atoms with van der Waals surface area (Å²) in [7, 11) is 0. The highest BCUT2D eigenvalue weighted by Crippen LogP contribution is 2.22. The molecule has 0 saturated carbocycles. The van der Waals surface area contributed by atoms with Gasteiger partial charge in [0, 0.05) is 6.42 Å². The fourth-order valence-electron chi connectivity index (χ4n) is 3.67. The molecule has 0 heterocycles. The van der Waals surface area contributed by atoms with Crippen molar-refractivity contribution in [3.05, 3.63) is 10.1 Å². The lowest BCUT2D eigenvalue weighted by molar-refractivity contribution is -0.783. The van der Waals surface area contributed by atoms with Crippen LogP contribution in [0.1, 0.15) is 143 Å². The van der Waals surface area contributed by atoms with E-state index < -0.39 is 16.8 Å². The zero-order valence-electron chi connectivity index (χ0n) is 22.1. The highest BCUT2D eigenvalue weighted by atomic mass is 17.0. The third kappa shape index (κ3) is 26.7. The van der Waals surface area contributed by atoms with Crippen molar-refractivity contribution >= 4 is 5.91 Å². The van der Waals surface area contributed by atoms with Crippen molar-refractivity contribution in [2.75, 3.05) is 0 Å². The van der Waals surface area contributed by atoms with Crippen molar-refractivity contribution in [2.45, 2.75) is 155 Å². The Bertz CT molecular complexity index is 450. The molecule has 0 spiro atoms. The number of hydrogen-bond donors (Lipinski definition) is 3. The molecule has 1 amide bonds. The number of hydrogen-bond acceptors (Lipinski definition) is 6. The number of unbranched alkanes of at least 4 members (excludes halogenated alkanes) is 14. The fourth-order valence-corrected chi connectivity index (χ4v) is 3.67. The predicted octanol–water partition coefficient (Wildman–Crippen LogP) is 7.03. The molecule has 0 saturated heterocycles. The number of nitrogens with two attached hydrogens (primary N) is 1. The lowest BCUT2D eigenvalue weighted by Gasteiger charge is -2.29. The first-order valence-electron chi connectivity index (χ1n) is 13.0. The molecule has 0 rings (SSSR count). The largest absolute Gasteiger partial charge is 0.391 e. The van der Waals surface area contributed by atoms with Crippen LogP contribution in [-0.4, -0.2) is 27.8 Å². The van der Waals surface area contributed by atoms with Crippen LogP contribution in [0.5, 0.6) is 0 Å². The van der Waals surface area contributed by atoms with E-state index in [-0.39, 0.29) is 12.1 Å². The summed E-state index contributed by atoms with van der Waals surface area (Å²) in [6.07, 6.45) is 21.2. The van der Waals surface area contributed by atoms with Gasteiger partial charge in [-0.05, 0) is 26.7 Å². The Kier molecular flexibility index (Phi) is 27.6. The van der Waals surface area contributed by atoms with Gasteiger partial charge in [-0.3, -0.25) is 4.79 Å². The molecule has 0 bridgehead atoms. The van der Waals surface area contributed by atoms with Gasteiger partial charge in [-0.2, -0.15) is 0 Å². The van der Waals surface area contributed by atoms with Gasteiger partial charge >= 0.3 is 0 Å². The van der Waals surface area contributed by atoms with Crippen LogP contribution in [0.15, 0.2) is 0 Å². The van der Waals surface area contributed by atoms with E-state index in [2.05, 4.69) is 11.8 Å². The highest BCUT2D eigenvalue weighted by Gasteiger charge is 2.33. The van der Waals surface area contributed by atoms with E-state index in [0.29, 0.717) is 12.8 Å². The van der Waals surface area contributed by atoms with E-state index in [1.54, 1.807) is 0 Å². The van der Waals surface area contributed by atoms with Crippen molar-refractivity contribution in [1.82, 2.24) is 6.15 Å². The first-order valence-corrected chi connectivity index (χ1v) is 13.0. The van der Waals surface area contributed by atoms with Crippen molar-refractivity contribution in [2.24, 2.45) is 5.73 Å². The maximum Gasteiger partial charge on any atom is 0.295 e. The average Bonchev–Trinajstić information content (AvgIpc) is 2.70. The molecule has 0 fully saturated rings. The number of rotatable bonds is 21. The van der Waals surface area contributed by atoms with Gasteiger partial charge in [0.2, 0.25) is 5.91 Å². The summed E-state index contributed by atoms with van der Waals surface area (Å²) in [4.78, 5) is 25.0. The molecule has 2 unspecified atom stereocenters. The number of carbonyl (C=O) groups excluding carboxylic acids is 1. The van der Waals surface area contributed by atoms with Crippen molar-refractivity contribution < 1.29 is 19.8 Å². The summed E-state index contributed by atoms with van der Waals surface area (Å²) < 4.78 is 0. The fraction of sp³-hybridized carbons (Fsp3) is 0.960. The van der Waals surface area contributed by atoms with Gasteiger partial charge < -0.3 is 21.8 Å². The number of aliphatic hydroxyl groups is 1. The minimum absolute atomic E-state index is 0. The maximum atomic E-state index is 10.6. The minimum Gasteiger partial charge on any atom is -0.391 e. The Labute approximate surface area is 203 Å². The van der Waals surface area contributed by atoms with Gasteiger partial charge in [0.05, 0.1) is 6.10 Å². The molecule has 0 radical (unpaired) electrons. The van der Waals surface area contributed by atoms with Crippen LogP contribution in [0.3, 0.4) is 0 Å². The second-order valence-electron chi connectivity index (χ2n) is 9.22. The summed E-state index contributed by atoms with van der Waals surface area (Å²) in [6.45, 7) is 7.17. The van der Waals surface area contributed by atoms with E-state index in [9.17, 15) is 20.0 Å². The molecule has 2 atom stereocenters. The van der Waals surface area contributed by atoms with Crippen LogP contribution in [0.25, 0.3) is 0 Å². The SMILES string of the molecule is CCCC(C)(O[N+](=O)[O-])C(C)O.CCCCCCCCCCCCCCCCCC(N)=O.N.